The lowest BCUT2D eigenvalue weighted by molar-refractivity contribution is 0.0691. The lowest BCUT2D eigenvalue weighted by atomic mass is 9.93. The van der Waals surface area contributed by atoms with Gasteiger partial charge in [0.25, 0.3) is 0 Å². The molecule has 34 heavy (non-hydrogen) atoms. The molecule has 0 atom stereocenters. The molecule has 2 N–H and O–H groups in total. The molecule has 0 amide bonds. The summed E-state index contributed by atoms with van der Waals surface area (Å²) < 4.78 is 0.547. The Labute approximate surface area is 216 Å². The predicted octanol–water partition coefficient (Wildman–Crippen LogP) is 5.26. The Morgan fingerprint density at radius 3 is 2.62 bits per heavy atom. The summed E-state index contributed by atoms with van der Waals surface area (Å²) in [5.41, 5.74) is 2.26. The van der Waals surface area contributed by atoms with Crippen LogP contribution in [0.5, 0.6) is 0 Å². The highest BCUT2D eigenvalue weighted by molar-refractivity contribution is 8.00. The van der Waals surface area contributed by atoms with Crippen LogP contribution in [0.1, 0.15) is 28.7 Å². The number of rotatable bonds is 7. The van der Waals surface area contributed by atoms with Crippen LogP contribution in [-0.4, -0.2) is 54.1 Å². The third kappa shape index (κ3) is 4.42. The van der Waals surface area contributed by atoms with Gasteiger partial charge < -0.3 is 15.0 Å². The number of thiazole rings is 1. The topological polar surface area (TPSA) is 121 Å². The standard InChI is InChI=1S/C20H16Cl3N7O2S2/c1-2-10-13(21)12-16(26-10)28-19(34-20-27-11(6-33-20)18(31)32)29-17(12)30-4-8(5-30)3-9-14(22)24-7-25-15(9)23/h6-8H,2-5H2,1H3,(H,31,32)(H,26,28,29). The van der Waals surface area contributed by atoms with Gasteiger partial charge in [0.2, 0.25) is 0 Å². The second-order valence-corrected chi connectivity index (χ2v) is 10.8. The number of aryl methyl sites for hydroxylation is 1. The Hall–Kier alpha value is -2.18. The first kappa shape index (κ1) is 23.6. The summed E-state index contributed by atoms with van der Waals surface area (Å²) in [5.74, 6) is -0.0525. The number of fused-ring (bicyclic) bond motifs is 1. The molecule has 1 aliphatic heterocycles. The molecule has 4 aromatic rings. The second-order valence-electron chi connectivity index (χ2n) is 7.64. The Bertz CT molecular complexity index is 1380. The number of aromatic amines is 1. The van der Waals surface area contributed by atoms with E-state index in [1.807, 2.05) is 6.92 Å². The SMILES string of the molecule is CCc1[nH]c2nc(Sc3nc(C(=O)O)cs3)nc(N3CC(Cc4c(Cl)ncnc4Cl)C3)c2c1Cl. The Morgan fingerprint density at radius 2 is 1.97 bits per heavy atom. The highest BCUT2D eigenvalue weighted by Gasteiger charge is 2.32. The zero-order valence-corrected chi connectivity index (χ0v) is 21.5. The fourth-order valence-electron chi connectivity index (χ4n) is 3.77. The van der Waals surface area contributed by atoms with E-state index in [9.17, 15) is 4.79 Å². The molecule has 9 nitrogen and oxygen atoms in total. The van der Waals surface area contributed by atoms with Crippen molar-refractivity contribution in [2.75, 3.05) is 18.0 Å². The van der Waals surface area contributed by atoms with E-state index in [0.717, 1.165) is 42.0 Å². The molecule has 1 saturated heterocycles. The molecular weight excluding hydrogens is 541 g/mol. The van der Waals surface area contributed by atoms with Crippen LogP contribution < -0.4 is 4.90 Å². The average molecular weight is 557 g/mol. The molecule has 1 fully saturated rings. The summed E-state index contributed by atoms with van der Waals surface area (Å²) in [4.78, 5) is 38.2. The molecule has 0 aromatic carbocycles. The molecule has 0 bridgehead atoms. The third-order valence-corrected chi connectivity index (χ3v) is 8.32. The quantitative estimate of drug-likeness (QED) is 0.232. The van der Waals surface area contributed by atoms with E-state index in [1.54, 1.807) is 0 Å². The summed E-state index contributed by atoms with van der Waals surface area (Å²) in [6.07, 6.45) is 2.72. The number of aromatic carboxylic acids is 1. The smallest absolute Gasteiger partial charge is 0.355 e. The van der Waals surface area contributed by atoms with Gasteiger partial charge in [-0.3, -0.25) is 0 Å². The minimum atomic E-state index is -1.07. The first-order valence-electron chi connectivity index (χ1n) is 10.2. The van der Waals surface area contributed by atoms with Gasteiger partial charge in [0.1, 0.15) is 28.1 Å². The van der Waals surface area contributed by atoms with Crippen LogP contribution in [-0.2, 0) is 12.8 Å². The third-order valence-electron chi connectivity index (χ3n) is 5.45. The maximum Gasteiger partial charge on any atom is 0.355 e. The molecule has 0 aliphatic carbocycles. The monoisotopic (exact) mass is 555 g/mol. The number of hydrogen-bond acceptors (Lipinski definition) is 9. The Balaban J connectivity index is 1.43. The van der Waals surface area contributed by atoms with E-state index >= 15 is 0 Å². The molecule has 0 saturated carbocycles. The zero-order valence-electron chi connectivity index (χ0n) is 17.5. The van der Waals surface area contributed by atoms with Gasteiger partial charge in [0, 0.05) is 29.7 Å². The van der Waals surface area contributed by atoms with Crippen molar-refractivity contribution in [2.45, 2.75) is 29.3 Å². The highest BCUT2D eigenvalue weighted by Crippen LogP contribution is 2.40. The highest BCUT2D eigenvalue weighted by atomic mass is 35.5. The van der Waals surface area contributed by atoms with Crippen LogP contribution in [0.2, 0.25) is 15.3 Å². The van der Waals surface area contributed by atoms with E-state index in [-0.39, 0.29) is 5.69 Å². The molecule has 0 spiro atoms. The molecule has 0 radical (unpaired) electrons. The summed E-state index contributed by atoms with van der Waals surface area (Å²) in [6.45, 7) is 3.46. The van der Waals surface area contributed by atoms with Crippen LogP contribution in [0.4, 0.5) is 5.82 Å². The number of carboxylic acid groups (broad SMARTS) is 1. The normalized spacial score (nSPS) is 14.1. The number of carboxylic acids is 1. The molecule has 5 heterocycles. The second kappa shape index (κ2) is 9.46. The van der Waals surface area contributed by atoms with Gasteiger partial charge in [-0.15, -0.1) is 11.3 Å². The lowest BCUT2D eigenvalue weighted by Crippen LogP contribution is -2.48. The van der Waals surface area contributed by atoms with Crippen LogP contribution in [0.15, 0.2) is 21.2 Å². The van der Waals surface area contributed by atoms with Gasteiger partial charge in [-0.1, -0.05) is 41.7 Å². The van der Waals surface area contributed by atoms with E-state index in [2.05, 4.69) is 29.8 Å². The van der Waals surface area contributed by atoms with E-state index in [0.29, 0.717) is 42.8 Å². The van der Waals surface area contributed by atoms with Crippen molar-refractivity contribution < 1.29 is 9.90 Å². The minimum absolute atomic E-state index is 0.00205. The molecule has 14 heteroatoms. The number of nitrogens with one attached hydrogen (secondary N) is 1. The van der Waals surface area contributed by atoms with Gasteiger partial charge in [-0.05, 0) is 30.5 Å². The Morgan fingerprint density at radius 1 is 1.24 bits per heavy atom. The van der Waals surface area contributed by atoms with E-state index in [1.165, 1.54) is 34.8 Å². The molecule has 5 rings (SSSR count). The van der Waals surface area contributed by atoms with Gasteiger partial charge in [0.15, 0.2) is 15.2 Å². The van der Waals surface area contributed by atoms with Crippen molar-refractivity contribution in [3.05, 3.63) is 44.0 Å². The minimum Gasteiger partial charge on any atom is -0.476 e. The van der Waals surface area contributed by atoms with E-state index in [4.69, 9.17) is 44.9 Å². The largest absolute Gasteiger partial charge is 0.476 e. The molecule has 176 valence electrons. The van der Waals surface area contributed by atoms with Crippen LogP contribution in [0, 0.1) is 5.92 Å². The lowest BCUT2D eigenvalue weighted by Gasteiger charge is -2.40. The van der Waals surface area contributed by atoms with Crippen molar-refractivity contribution in [3.63, 3.8) is 0 Å². The first-order chi connectivity index (χ1) is 16.3. The fourth-order valence-corrected chi connectivity index (χ4v) is 6.24. The number of hydrogen-bond donors (Lipinski definition) is 2. The maximum absolute atomic E-state index is 11.2. The predicted molar refractivity (Wildman–Crippen MR) is 133 cm³/mol. The van der Waals surface area contributed by atoms with Crippen molar-refractivity contribution in [1.82, 2.24) is 29.9 Å². The van der Waals surface area contributed by atoms with Crippen molar-refractivity contribution in [3.8, 4) is 0 Å². The number of halogens is 3. The van der Waals surface area contributed by atoms with Gasteiger partial charge >= 0.3 is 5.97 Å². The van der Waals surface area contributed by atoms with Crippen LogP contribution in [0.25, 0.3) is 11.0 Å². The molecular formula is C20H16Cl3N7O2S2. The van der Waals surface area contributed by atoms with Crippen LogP contribution >= 0.6 is 57.9 Å². The summed E-state index contributed by atoms with van der Waals surface area (Å²) >= 11 is 21.5. The zero-order chi connectivity index (χ0) is 24.0. The number of H-pyrrole nitrogens is 1. The Kier molecular flexibility index (Phi) is 6.56. The van der Waals surface area contributed by atoms with Gasteiger partial charge in [-0.2, -0.15) is 0 Å². The fraction of sp³-hybridized carbons (Fsp3) is 0.300. The first-order valence-corrected chi connectivity index (χ1v) is 13.0. The maximum atomic E-state index is 11.2. The van der Waals surface area contributed by atoms with Crippen molar-refractivity contribution in [1.29, 1.82) is 0 Å². The number of anilines is 1. The summed E-state index contributed by atoms with van der Waals surface area (Å²) in [5, 5.41) is 13.2. The van der Waals surface area contributed by atoms with Gasteiger partial charge in [-0.25, -0.2) is 29.7 Å². The average Bonchev–Trinajstić information content (AvgIpc) is 3.36. The van der Waals surface area contributed by atoms with Crippen LogP contribution in [0.3, 0.4) is 0 Å². The van der Waals surface area contributed by atoms with Crippen molar-refractivity contribution in [2.24, 2.45) is 5.92 Å². The molecule has 1 aliphatic rings. The summed E-state index contributed by atoms with van der Waals surface area (Å²) in [6, 6.07) is 0. The number of nitrogens with zero attached hydrogens (tertiary/aromatic N) is 6. The number of aromatic nitrogens is 6. The number of carbonyl (C=O) groups is 1. The van der Waals surface area contributed by atoms with E-state index < -0.39 is 5.97 Å². The molecule has 0 unspecified atom stereocenters. The van der Waals surface area contributed by atoms with Gasteiger partial charge in [0.05, 0.1) is 10.4 Å². The van der Waals surface area contributed by atoms with Crippen molar-refractivity contribution >= 4 is 80.7 Å². The molecule has 4 aromatic heterocycles. The summed E-state index contributed by atoms with van der Waals surface area (Å²) in [7, 11) is 0.